The van der Waals surface area contributed by atoms with E-state index in [9.17, 15) is 9.59 Å². The fourth-order valence-corrected chi connectivity index (χ4v) is 1.83. The van der Waals surface area contributed by atoms with E-state index in [2.05, 4.69) is 10.6 Å². The molecule has 90 valence electrons. The van der Waals surface area contributed by atoms with Gasteiger partial charge in [0.25, 0.3) is 0 Å². The normalized spacial score (nSPS) is 19.0. The minimum absolute atomic E-state index is 0.281. The minimum atomic E-state index is -1.03. The number of nitrogens with one attached hydrogen (secondary N) is 2. The van der Waals surface area contributed by atoms with Crippen molar-refractivity contribution in [3.8, 4) is 0 Å². The van der Waals surface area contributed by atoms with Crippen LogP contribution in [0.5, 0.6) is 0 Å². The molecule has 0 saturated carbocycles. The number of hydrogen-bond donors (Lipinski definition) is 3. The van der Waals surface area contributed by atoms with E-state index in [1.807, 2.05) is 24.3 Å². The number of benzene rings is 1. The number of carboxylic acid groups (broad SMARTS) is 1. The van der Waals surface area contributed by atoms with E-state index in [1.165, 1.54) is 6.92 Å². The summed E-state index contributed by atoms with van der Waals surface area (Å²) in [6.45, 7) is 1.45. The second kappa shape index (κ2) is 4.45. The highest BCUT2D eigenvalue weighted by molar-refractivity contribution is 5.90. The van der Waals surface area contributed by atoms with Crippen molar-refractivity contribution in [2.45, 2.75) is 25.4 Å². The second-order valence-corrected chi connectivity index (χ2v) is 4.13. The first-order chi connectivity index (χ1) is 8.08. The lowest BCUT2D eigenvalue weighted by Gasteiger charge is -2.14. The fraction of sp³-hybridized carbons (Fsp3) is 0.333. The molecular formula is C12H14N2O3. The highest BCUT2D eigenvalue weighted by atomic mass is 16.4. The van der Waals surface area contributed by atoms with Crippen molar-refractivity contribution in [1.29, 1.82) is 0 Å². The Morgan fingerprint density at radius 2 is 2.18 bits per heavy atom. The van der Waals surface area contributed by atoms with Crippen molar-refractivity contribution in [3.63, 3.8) is 0 Å². The van der Waals surface area contributed by atoms with Gasteiger partial charge in [-0.15, -0.1) is 0 Å². The molecule has 5 nitrogen and oxygen atoms in total. The van der Waals surface area contributed by atoms with Gasteiger partial charge in [-0.1, -0.05) is 18.2 Å². The Bertz CT molecular complexity index is 434. The highest BCUT2D eigenvalue weighted by Crippen LogP contribution is 2.25. The number of rotatable bonds is 3. The van der Waals surface area contributed by atoms with Crippen LogP contribution in [0.25, 0.3) is 0 Å². The molecule has 1 aromatic rings. The molecule has 1 aliphatic heterocycles. The molecule has 2 atom stereocenters. The summed E-state index contributed by atoms with van der Waals surface area (Å²) in [7, 11) is 0. The molecule has 0 radical (unpaired) electrons. The summed E-state index contributed by atoms with van der Waals surface area (Å²) >= 11 is 0. The van der Waals surface area contributed by atoms with Gasteiger partial charge in [0.2, 0.25) is 5.91 Å². The highest BCUT2D eigenvalue weighted by Gasteiger charge is 2.28. The van der Waals surface area contributed by atoms with Gasteiger partial charge in [0, 0.05) is 12.1 Å². The molecular weight excluding hydrogens is 220 g/mol. The quantitative estimate of drug-likeness (QED) is 0.716. The van der Waals surface area contributed by atoms with E-state index in [0.29, 0.717) is 6.42 Å². The number of para-hydroxylation sites is 1. The van der Waals surface area contributed by atoms with Crippen LogP contribution in [-0.4, -0.2) is 29.1 Å². The zero-order valence-electron chi connectivity index (χ0n) is 9.43. The first-order valence-corrected chi connectivity index (χ1v) is 5.45. The Morgan fingerprint density at radius 3 is 2.82 bits per heavy atom. The number of fused-ring (bicyclic) bond motifs is 1. The first-order valence-electron chi connectivity index (χ1n) is 5.45. The summed E-state index contributed by atoms with van der Waals surface area (Å²) in [5.74, 6) is -1.31. The van der Waals surface area contributed by atoms with E-state index in [0.717, 1.165) is 11.3 Å². The third-order valence-electron chi connectivity index (χ3n) is 2.82. The largest absolute Gasteiger partial charge is 0.480 e. The third-order valence-corrected chi connectivity index (χ3v) is 2.82. The van der Waals surface area contributed by atoms with Gasteiger partial charge in [0.15, 0.2) is 0 Å². The predicted molar refractivity (Wildman–Crippen MR) is 62.8 cm³/mol. The molecule has 1 aliphatic rings. The molecule has 1 aromatic carbocycles. The average Bonchev–Trinajstić information content (AvgIpc) is 2.72. The lowest BCUT2D eigenvalue weighted by molar-refractivity contribution is -0.141. The molecule has 1 heterocycles. The molecule has 0 spiro atoms. The maximum atomic E-state index is 11.8. The Hall–Kier alpha value is -2.04. The number of carboxylic acids is 1. The van der Waals surface area contributed by atoms with E-state index in [-0.39, 0.29) is 11.9 Å². The SMILES string of the molecule is CC(NC(=O)[C@@H]1Cc2ccccc2N1)C(=O)O. The van der Waals surface area contributed by atoms with Gasteiger partial charge in [-0.3, -0.25) is 9.59 Å². The van der Waals surface area contributed by atoms with Crippen LogP contribution < -0.4 is 10.6 Å². The third kappa shape index (κ3) is 2.38. The summed E-state index contributed by atoms with van der Waals surface area (Å²) in [5, 5.41) is 14.2. The van der Waals surface area contributed by atoms with E-state index < -0.39 is 12.0 Å². The van der Waals surface area contributed by atoms with Gasteiger partial charge in [-0.25, -0.2) is 0 Å². The monoisotopic (exact) mass is 234 g/mol. The molecule has 5 heteroatoms. The van der Waals surface area contributed by atoms with Gasteiger partial charge < -0.3 is 15.7 Å². The van der Waals surface area contributed by atoms with Crippen molar-refractivity contribution >= 4 is 17.6 Å². The van der Waals surface area contributed by atoms with Gasteiger partial charge in [-0.05, 0) is 18.6 Å². The summed E-state index contributed by atoms with van der Waals surface area (Å²) < 4.78 is 0. The maximum absolute atomic E-state index is 11.8. The van der Waals surface area contributed by atoms with Crippen molar-refractivity contribution in [2.75, 3.05) is 5.32 Å². The van der Waals surface area contributed by atoms with Crippen molar-refractivity contribution in [1.82, 2.24) is 5.32 Å². The van der Waals surface area contributed by atoms with Gasteiger partial charge in [0.1, 0.15) is 12.1 Å². The number of anilines is 1. The molecule has 3 N–H and O–H groups in total. The van der Waals surface area contributed by atoms with Crippen molar-refractivity contribution < 1.29 is 14.7 Å². The summed E-state index contributed by atoms with van der Waals surface area (Å²) in [5.41, 5.74) is 2.02. The van der Waals surface area contributed by atoms with Crippen LogP contribution in [0.3, 0.4) is 0 Å². The number of carbonyl (C=O) groups is 2. The predicted octanol–water partition coefficient (Wildman–Crippen LogP) is 0.612. The number of aliphatic carboxylic acids is 1. The molecule has 0 saturated heterocycles. The van der Waals surface area contributed by atoms with Crippen molar-refractivity contribution in [3.05, 3.63) is 29.8 Å². The zero-order chi connectivity index (χ0) is 12.4. The topological polar surface area (TPSA) is 78.4 Å². The lowest BCUT2D eigenvalue weighted by Crippen LogP contribution is -2.45. The van der Waals surface area contributed by atoms with Crippen molar-refractivity contribution in [2.24, 2.45) is 0 Å². The molecule has 0 aromatic heterocycles. The number of carbonyl (C=O) groups excluding carboxylic acids is 1. The molecule has 1 amide bonds. The van der Waals surface area contributed by atoms with Gasteiger partial charge >= 0.3 is 5.97 Å². The van der Waals surface area contributed by atoms with Gasteiger partial charge in [0.05, 0.1) is 0 Å². The molecule has 0 fully saturated rings. The number of hydrogen-bond acceptors (Lipinski definition) is 3. The molecule has 17 heavy (non-hydrogen) atoms. The van der Waals surface area contributed by atoms with Crippen LogP contribution in [0.4, 0.5) is 5.69 Å². The number of amides is 1. The molecule has 1 unspecified atom stereocenters. The Balaban J connectivity index is 1.99. The smallest absolute Gasteiger partial charge is 0.325 e. The molecule has 0 aliphatic carbocycles. The van der Waals surface area contributed by atoms with Crippen LogP contribution in [0, 0.1) is 0 Å². The summed E-state index contributed by atoms with van der Waals surface area (Å²) in [4.78, 5) is 22.4. The Labute approximate surface area is 98.8 Å². The first kappa shape index (κ1) is 11.4. The summed E-state index contributed by atoms with van der Waals surface area (Å²) in [6, 6.07) is 6.42. The second-order valence-electron chi connectivity index (χ2n) is 4.13. The Kier molecular flexibility index (Phi) is 2.99. The summed E-state index contributed by atoms with van der Waals surface area (Å²) in [6.07, 6.45) is 0.592. The zero-order valence-corrected chi connectivity index (χ0v) is 9.43. The van der Waals surface area contributed by atoms with E-state index in [1.54, 1.807) is 0 Å². The average molecular weight is 234 g/mol. The maximum Gasteiger partial charge on any atom is 0.325 e. The van der Waals surface area contributed by atoms with Crippen LogP contribution in [-0.2, 0) is 16.0 Å². The Morgan fingerprint density at radius 1 is 1.47 bits per heavy atom. The van der Waals surface area contributed by atoms with E-state index >= 15 is 0 Å². The standard InChI is InChI=1S/C12H14N2O3/c1-7(12(16)17)13-11(15)10-6-8-4-2-3-5-9(8)14-10/h2-5,7,10,14H,6H2,1H3,(H,13,15)(H,16,17)/t7?,10-/m0/s1. The molecule has 2 rings (SSSR count). The fourth-order valence-electron chi connectivity index (χ4n) is 1.83. The lowest BCUT2D eigenvalue weighted by atomic mass is 10.1. The minimum Gasteiger partial charge on any atom is -0.480 e. The molecule has 0 bridgehead atoms. The van der Waals surface area contributed by atoms with Gasteiger partial charge in [-0.2, -0.15) is 0 Å². The van der Waals surface area contributed by atoms with Crippen LogP contribution in [0.2, 0.25) is 0 Å². The van der Waals surface area contributed by atoms with E-state index in [4.69, 9.17) is 5.11 Å². The van der Waals surface area contributed by atoms with Crippen LogP contribution >= 0.6 is 0 Å². The van der Waals surface area contributed by atoms with Crippen LogP contribution in [0.1, 0.15) is 12.5 Å². The van der Waals surface area contributed by atoms with Crippen LogP contribution in [0.15, 0.2) is 24.3 Å².